The van der Waals surface area contributed by atoms with Crippen LogP contribution in [0.1, 0.15) is 36.6 Å². The molecule has 3 aromatic carbocycles. The maximum absolute atomic E-state index is 13.9. The number of carbonyl (C=O) groups is 1. The van der Waals surface area contributed by atoms with Gasteiger partial charge in [-0.05, 0) is 88.9 Å². The van der Waals surface area contributed by atoms with Gasteiger partial charge in [-0.15, -0.1) is 0 Å². The third-order valence-corrected chi connectivity index (χ3v) is 8.66. The topological polar surface area (TPSA) is 73.1 Å². The molecule has 0 saturated heterocycles. The van der Waals surface area contributed by atoms with Gasteiger partial charge in [0.15, 0.2) is 4.80 Å². The lowest BCUT2D eigenvalue weighted by atomic mass is 9.95. The molecule has 42 heavy (non-hydrogen) atoms. The van der Waals surface area contributed by atoms with E-state index in [9.17, 15) is 9.59 Å². The first kappa shape index (κ1) is 29.8. The lowest BCUT2D eigenvalue weighted by molar-refractivity contribution is -0.139. The second kappa shape index (κ2) is 12.7. The smallest absolute Gasteiger partial charge is 0.338 e. The van der Waals surface area contributed by atoms with Gasteiger partial charge in [-0.25, -0.2) is 9.79 Å². The van der Waals surface area contributed by atoms with E-state index in [1.165, 1.54) is 11.3 Å². The Morgan fingerprint density at radius 2 is 1.83 bits per heavy atom. The zero-order valence-corrected chi connectivity index (χ0v) is 26.7. The van der Waals surface area contributed by atoms with E-state index in [2.05, 4.69) is 20.9 Å². The zero-order valence-electron chi connectivity index (χ0n) is 23.6. The van der Waals surface area contributed by atoms with Crippen molar-refractivity contribution in [3.05, 3.63) is 124 Å². The summed E-state index contributed by atoms with van der Waals surface area (Å²) in [4.78, 5) is 34.2. The number of benzene rings is 3. The van der Waals surface area contributed by atoms with Crippen LogP contribution < -0.4 is 24.5 Å². The number of halogens is 2. The maximum Gasteiger partial charge on any atom is 0.338 e. The summed E-state index contributed by atoms with van der Waals surface area (Å²) >= 11 is 10.9. The highest BCUT2D eigenvalue weighted by atomic mass is 79.9. The third-order valence-electron chi connectivity index (χ3n) is 6.80. The summed E-state index contributed by atoms with van der Waals surface area (Å²) in [7, 11) is 3.92. The van der Waals surface area contributed by atoms with Crippen LogP contribution in [0.5, 0.6) is 5.75 Å². The standard InChI is InChI=1S/C32H29BrClN3O4S/c1-5-40-31(39)28-19(2)35-32-37(29(28)22-9-13-24(14-10-22)36(3)4)30(38)27(42-32)17-21-8-15-26(25(33)16-21)41-18-20-6-11-23(34)12-7-20/h6-17,29H,5,18H2,1-4H3/b27-17-/t29-/m0/s1. The number of allylic oxidation sites excluding steroid dienone is 1. The van der Waals surface area contributed by atoms with Crippen LogP contribution in [0, 0.1) is 0 Å². The highest BCUT2D eigenvalue weighted by Crippen LogP contribution is 2.32. The molecule has 216 valence electrons. The maximum atomic E-state index is 13.9. The molecule has 1 atom stereocenters. The van der Waals surface area contributed by atoms with Crippen LogP contribution in [0.4, 0.5) is 5.69 Å². The van der Waals surface area contributed by atoms with Crippen LogP contribution in [0.15, 0.2) is 92.3 Å². The molecule has 0 bridgehead atoms. The van der Waals surface area contributed by atoms with Crippen molar-refractivity contribution in [2.24, 2.45) is 4.99 Å². The molecule has 0 unspecified atom stereocenters. The summed E-state index contributed by atoms with van der Waals surface area (Å²) in [6.45, 7) is 4.16. The van der Waals surface area contributed by atoms with Crippen LogP contribution in [0.3, 0.4) is 0 Å². The highest BCUT2D eigenvalue weighted by molar-refractivity contribution is 9.10. The van der Waals surface area contributed by atoms with E-state index >= 15 is 0 Å². The normalized spacial score (nSPS) is 14.8. The SMILES string of the molecule is CCOC(=O)C1=C(C)N=c2s/c(=C\c3ccc(OCc4ccc(Cl)cc4)c(Br)c3)c(=O)n2[C@H]1c1ccc(N(C)C)cc1. The first-order valence-electron chi connectivity index (χ1n) is 13.3. The number of rotatable bonds is 8. The van der Waals surface area contributed by atoms with E-state index < -0.39 is 12.0 Å². The number of aromatic nitrogens is 1. The molecular weight excluding hydrogens is 638 g/mol. The summed E-state index contributed by atoms with van der Waals surface area (Å²) in [5.74, 6) is 0.201. The molecule has 0 saturated carbocycles. The van der Waals surface area contributed by atoms with Crippen molar-refractivity contribution in [2.45, 2.75) is 26.5 Å². The Bertz CT molecular complexity index is 1840. The van der Waals surface area contributed by atoms with Gasteiger partial charge in [0.2, 0.25) is 0 Å². The summed E-state index contributed by atoms with van der Waals surface area (Å²) < 4.78 is 14.2. The minimum Gasteiger partial charge on any atom is -0.488 e. The van der Waals surface area contributed by atoms with Crippen molar-refractivity contribution in [1.82, 2.24) is 4.57 Å². The van der Waals surface area contributed by atoms with E-state index in [0.29, 0.717) is 38.0 Å². The molecule has 0 amide bonds. The van der Waals surface area contributed by atoms with E-state index in [1.54, 1.807) is 18.4 Å². The number of thiazole rings is 1. The quantitative estimate of drug-likeness (QED) is 0.221. The van der Waals surface area contributed by atoms with Gasteiger partial charge in [-0.2, -0.15) is 0 Å². The number of fused-ring (bicyclic) bond motifs is 1. The molecular formula is C32H29BrClN3O4S. The fourth-order valence-corrected chi connectivity index (χ4v) is 6.36. The van der Waals surface area contributed by atoms with Gasteiger partial charge in [-0.3, -0.25) is 9.36 Å². The molecule has 0 fully saturated rings. The van der Waals surface area contributed by atoms with Gasteiger partial charge in [0, 0.05) is 24.8 Å². The molecule has 1 aliphatic rings. The van der Waals surface area contributed by atoms with E-state index in [4.69, 9.17) is 21.1 Å². The molecule has 0 aliphatic carbocycles. The fourth-order valence-electron chi connectivity index (χ4n) is 4.68. The van der Waals surface area contributed by atoms with Gasteiger partial charge < -0.3 is 14.4 Å². The average molecular weight is 667 g/mol. The Morgan fingerprint density at radius 1 is 1.12 bits per heavy atom. The van der Waals surface area contributed by atoms with Gasteiger partial charge >= 0.3 is 5.97 Å². The average Bonchev–Trinajstić information content (AvgIpc) is 3.26. The van der Waals surface area contributed by atoms with E-state index in [1.807, 2.05) is 91.8 Å². The molecule has 10 heteroatoms. The summed E-state index contributed by atoms with van der Waals surface area (Å²) in [6, 6.07) is 20.3. The van der Waals surface area contributed by atoms with Crippen molar-refractivity contribution in [2.75, 3.05) is 25.6 Å². The van der Waals surface area contributed by atoms with Crippen LogP contribution in [0.25, 0.3) is 6.08 Å². The number of carbonyl (C=O) groups excluding carboxylic acids is 1. The van der Waals surface area contributed by atoms with Crippen LogP contribution in [-0.4, -0.2) is 31.2 Å². The fraction of sp³-hybridized carbons (Fsp3) is 0.219. The molecule has 5 rings (SSSR count). The van der Waals surface area contributed by atoms with Crippen LogP contribution >= 0.6 is 38.9 Å². The number of esters is 1. The van der Waals surface area contributed by atoms with E-state index in [0.717, 1.165) is 26.9 Å². The van der Waals surface area contributed by atoms with Gasteiger partial charge in [0.1, 0.15) is 12.4 Å². The first-order valence-corrected chi connectivity index (χ1v) is 15.3. The van der Waals surface area contributed by atoms with Crippen molar-refractivity contribution in [1.29, 1.82) is 0 Å². The monoisotopic (exact) mass is 665 g/mol. The Labute approximate surface area is 261 Å². The van der Waals surface area contributed by atoms with Crippen LogP contribution in [0.2, 0.25) is 5.02 Å². The number of hydrogen-bond acceptors (Lipinski definition) is 7. The molecule has 2 heterocycles. The van der Waals surface area contributed by atoms with Gasteiger partial charge in [0.25, 0.3) is 5.56 Å². The Hall–Kier alpha value is -3.66. The van der Waals surface area contributed by atoms with Gasteiger partial charge in [0.05, 0.1) is 32.9 Å². The molecule has 7 nitrogen and oxygen atoms in total. The summed E-state index contributed by atoms with van der Waals surface area (Å²) in [6.07, 6.45) is 1.83. The number of hydrogen-bond donors (Lipinski definition) is 0. The van der Waals surface area contributed by atoms with Crippen molar-refractivity contribution in [3.63, 3.8) is 0 Å². The predicted molar refractivity (Wildman–Crippen MR) is 171 cm³/mol. The molecule has 0 spiro atoms. The number of anilines is 1. The molecule has 4 aromatic rings. The van der Waals surface area contributed by atoms with Crippen molar-refractivity contribution >= 4 is 56.6 Å². The molecule has 0 radical (unpaired) electrons. The minimum atomic E-state index is -0.658. The zero-order chi connectivity index (χ0) is 30.0. The van der Waals surface area contributed by atoms with Gasteiger partial charge in [-0.1, -0.05) is 53.3 Å². The summed E-state index contributed by atoms with van der Waals surface area (Å²) in [5, 5.41) is 0.676. The molecule has 1 aliphatic heterocycles. The Kier molecular flexibility index (Phi) is 9.01. The van der Waals surface area contributed by atoms with Crippen molar-refractivity contribution in [3.8, 4) is 5.75 Å². The van der Waals surface area contributed by atoms with Crippen LogP contribution in [-0.2, 0) is 16.1 Å². The van der Waals surface area contributed by atoms with Crippen molar-refractivity contribution < 1.29 is 14.3 Å². The number of ether oxygens (including phenoxy) is 2. The largest absolute Gasteiger partial charge is 0.488 e. The van der Waals surface area contributed by atoms with E-state index in [-0.39, 0.29) is 12.2 Å². The molecule has 1 aromatic heterocycles. The first-order chi connectivity index (χ1) is 20.2. The highest BCUT2D eigenvalue weighted by Gasteiger charge is 2.33. The summed E-state index contributed by atoms with van der Waals surface area (Å²) in [5.41, 5.74) is 4.30. The third kappa shape index (κ3) is 6.23. The lowest BCUT2D eigenvalue weighted by Gasteiger charge is -2.25. The second-order valence-electron chi connectivity index (χ2n) is 9.89. The predicted octanol–water partition coefficient (Wildman–Crippen LogP) is 5.86. The minimum absolute atomic E-state index is 0.223. The lowest BCUT2D eigenvalue weighted by Crippen LogP contribution is -2.39. The number of nitrogens with zero attached hydrogens (tertiary/aromatic N) is 3. The molecule has 0 N–H and O–H groups in total. The second-order valence-corrected chi connectivity index (χ2v) is 12.2. The Balaban J connectivity index is 1.52. The Morgan fingerprint density at radius 3 is 2.48 bits per heavy atom.